The van der Waals surface area contributed by atoms with Gasteiger partial charge in [0.2, 0.25) is 0 Å². The van der Waals surface area contributed by atoms with Gasteiger partial charge in [0.05, 0.1) is 12.1 Å². The molecule has 0 radical (unpaired) electrons. The van der Waals surface area contributed by atoms with E-state index in [1.807, 2.05) is 36.4 Å². The second-order valence-corrected chi connectivity index (χ2v) is 9.13. The Balaban J connectivity index is 1.48. The minimum atomic E-state index is -0.204. The number of amides is 1. The minimum Gasteiger partial charge on any atom is -0.494 e. The van der Waals surface area contributed by atoms with E-state index >= 15 is 0 Å². The molecule has 1 amide bonds. The summed E-state index contributed by atoms with van der Waals surface area (Å²) in [5, 5.41) is 4.01. The quantitative estimate of drug-likeness (QED) is 0.232. The van der Waals surface area contributed by atoms with E-state index in [0.29, 0.717) is 12.3 Å². The smallest absolute Gasteiger partial charge is 0.274 e. The van der Waals surface area contributed by atoms with Gasteiger partial charge in [0.1, 0.15) is 11.4 Å². The highest BCUT2D eigenvalue weighted by Gasteiger charge is 2.09. The summed E-state index contributed by atoms with van der Waals surface area (Å²) < 4.78 is 5.68. The number of aryl methyl sites for hydroxylation is 1. The number of aromatic nitrogens is 1. The van der Waals surface area contributed by atoms with Crippen LogP contribution in [0.25, 0.3) is 10.9 Å². The Bertz CT molecular complexity index is 1010. The van der Waals surface area contributed by atoms with Gasteiger partial charge in [0, 0.05) is 11.1 Å². The Morgan fingerprint density at radius 3 is 2.24 bits per heavy atom. The van der Waals surface area contributed by atoms with Crippen molar-refractivity contribution < 1.29 is 9.53 Å². The number of hydrogen-bond donors (Lipinski definition) is 1. The van der Waals surface area contributed by atoms with Gasteiger partial charge in [0.25, 0.3) is 5.91 Å². The standard InChI is InChI=1S/C30H40N2O2/c1-3-5-7-8-9-10-11-12-13-24-14-20-28-25(23-24)15-21-29(32-28)30(33)31-26-16-18-27(19-17-26)34-22-6-4-2/h14-21,23H,3-13,22H2,1-2H3,(H,31,33). The van der Waals surface area contributed by atoms with Gasteiger partial charge in [-0.1, -0.05) is 77.3 Å². The third-order valence-electron chi connectivity index (χ3n) is 6.18. The molecule has 0 atom stereocenters. The zero-order valence-electron chi connectivity index (χ0n) is 20.9. The second-order valence-electron chi connectivity index (χ2n) is 9.13. The molecule has 0 saturated carbocycles. The Hall–Kier alpha value is -2.88. The molecule has 1 heterocycles. The maximum atomic E-state index is 12.7. The lowest BCUT2D eigenvalue weighted by molar-refractivity contribution is 0.102. The molecule has 3 rings (SSSR count). The molecule has 34 heavy (non-hydrogen) atoms. The fourth-order valence-corrected chi connectivity index (χ4v) is 4.08. The van der Waals surface area contributed by atoms with Crippen molar-refractivity contribution in [3.63, 3.8) is 0 Å². The van der Waals surface area contributed by atoms with E-state index in [9.17, 15) is 4.79 Å². The average molecular weight is 461 g/mol. The van der Waals surface area contributed by atoms with Gasteiger partial charge in [-0.2, -0.15) is 0 Å². The maximum Gasteiger partial charge on any atom is 0.274 e. The highest BCUT2D eigenvalue weighted by Crippen LogP contribution is 2.20. The minimum absolute atomic E-state index is 0.204. The molecule has 0 aliphatic carbocycles. The van der Waals surface area contributed by atoms with Crippen LogP contribution in [0.15, 0.2) is 54.6 Å². The fourth-order valence-electron chi connectivity index (χ4n) is 4.08. The highest BCUT2D eigenvalue weighted by atomic mass is 16.5. The second kappa shape index (κ2) is 14.4. The van der Waals surface area contributed by atoms with Crippen LogP contribution in [0, 0.1) is 0 Å². The lowest BCUT2D eigenvalue weighted by Gasteiger charge is -2.09. The predicted molar refractivity (Wildman–Crippen MR) is 143 cm³/mol. The summed E-state index contributed by atoms with van der Waals surface area (Å²) >= 11 is 0. The third-order valence-corrected chi connectivity index (χ3v) is 6.18. The number of hydrogen-bond acceptors (Lipinski definition) is 3. The normalized spacial score (nSPS) is 11.0. The van der Waals surface area contributed by atoms with Crippen LogP contribution < -0.4 is 10.1 Å². The zero-order chi connectivity index (χ0) is 24.0. The molecule has 0 aliphatic rings. The van der Waals surface area contributed by atoms with E-state index in [-0.39, 0.29) is 5.91 Å². The van der Waals surface area contributed by atoms with Gasteiger partial charge >= 0.3 is 0 Å². The molecule has 1 aromatic heterocycles. The van der Waals surface area contributed by atoms with Crippen molar-refractivity contribution in [3.05, 3.63) is 65.9 Å². The molecule has 0 spiro atoms. The van der Waals surface area contributed by atoms with Crippen molar-refractivity contribution in [1.82, 2.24) is 4.98 Å². The Morgan fingerprint density at radius 2 is 1.50 bits per heavy atom. The summed E-state index contributed by atoms with van der Waals surface area (Å²) in [5.74, 6) is 0.614. The molecular weight excluding hydrogens is 420 g/mol. The molecule has 0 aliphatic heterocycles. The molecule has 4 heteroatoms. The third kappa shape index (κ3) is 8.48. The van der Waals surface area contributed by atoms with E-state index in [2.05, 4.69) is 36.3 Å². The van der Waals surface area contributed by atoms with Gasteiger partial charge in [0.15, 0.2) is 0 Å². The first kappa shape index (κ1) is 25.7. The highest BCUT2D eigenvalue weighted by molar-refractivity contribution is 6.04. The summed E-state index contributed by atoms with van der Waals surface area (Å²) in [4.78, 5) is 17.3. The molecule has 4 nitrogen and oxygen atoms in total. The topological polar surface area (TPSA) is 51.2 Å². The van der Waals surface area contributed by atoms with Gasteiger partial charge in [-0.25, -0.2) is 4.98 Å². The number of nitrogens with one attached hydrogen (secondary N) is 1. The molecule has 0 saturated heterocycles. The van der Waals surface area contributed by atoms with Crippen molar-refractivity contribution in [3.8, 4) is 5.75 Å². The molecular formula is C30H40N2O2. The summed E-state index contributed by atoms with van der Waals surface area (Å²) in [6, 6.07) is 17.7. The molecule has 0 fully saturated rings. The van der Waals surface area contributed by atoms with Crippen molar-refractivity contribution in [2.45, 2.75) is 84.5 Å². The Kier molecular flexibility index (Phi) is 10.9. The molecule has 2 aromatic carbocycles. The van der Waals surface area contributed by atoms with Crippen LogP contribution in [0.4, 0.5) is 5.69 Å². The number of pyridine rings is 1. The Morgan fingerprint density at radius 1 is 0.794 bits per heavy atom. The van der Waals surface area contributed by atoms with Crippen LogP contribution >= 0.6 is 0 Å². The molecule has 3 aromatic rings. The summed E-state index contributed by atoms with van der Waals surface area (Å²) in [5.41, 5.74) is 3.35. The number of nitrogens with zero attached hydrogens (tertiary/aromatic N) is 1. The van der Waals surface area contributed by atoms with Crippen LogP contribution in [-0.2, 0) is 6.42 Å². The fraction of sp³-hybridized carbons (Fsp3) is 0.467. The lowest BCUT2D eigenvalue weighted by atomic mass is 10.0. The first-order valence-corrected chi connectivity index (χ1v) is 13.1. The van der Waals surface area contributed by atoms with Crippen LogP contribution in [0.5, 0.6) is 5.75 Å². The van der Waals surface area contributed by atoms with Crippen LogP contribution in [0.2, 0.25) is 0 Å². The monoisotopic (exact) mass is 460 g/mol. The largest absolute Gasteiger partial charge is 0.494 e. The van der Waals surface area contributed by atoms with Crippen LogP contribution in [0.3, 0.4) is 0 Å². The van der Waals surface area contributed by atoms with E-state index in [1.54, 1.807) is 6.07 Å². The number of benzene rings is 2. The van der Waals surface area contributed by atoms with E-state index in [0.717, 1.165) is 41.6 Å². The van der Waals surface area contributed by atoms with Gasteiger partial charge in [-0.15, -0.1) is 0 Å². The summed E-state index contributed by atoms with van der Waals surface area (Å²) in [7, 11) is 0. The van der Waals surface area contributed by atoms with Gasteiger partial charge in [-0.3, -0.25) is 4.79 Å². The molecule has 0 unspecified atom stereocenters. The Labute approximate surface area is 205 Å². The van der Waals surface area contributed by atoms with Crippen molar-refractivity contribution in [1.29, 1.82) is 0 Å². The summed E-state index contributed by atoms with van der Waals surface area (Å²) in [6.07, 6.45) is 13.9. The van der Waals surface area contributed by atoms with E-state index in [4.69, 9.17) is 4.74 Å². The number of fused-ring (bicyclic) bond motifs is 1. The van der Waals surface area contributed by atoms with Crippen molar-refractivity contribution in [2.75, 3.05) is 11.9 Å². The van der Waals surface area contributed by atoms with Crippen LogP contribution in [-0.4, -0.2) is 17.5 Å². The zero-order valence-corrected chi connectivity index (χ0v) is 20.9. The molecule has 0 bridgehead atoms. The number of rotatable bonds is 15. The maximum absolute atomic E-state index is 12.7. The molecule has 1 N–H and O–H groups in total. The van der Waals surface area contributed by atoms with E-state index in [1.165, 1.54) is 56.9 Å². The van der Waals surface area contributed by atoms with Gasteiger partial charge in [-0.05, 0) is 67.3 Å². The SMILES string of the molecule is CCCCCCCCCCc1ccc2nc(C(=O)Nc3ccc(OCCCC)cc3)ccc2c1. The lowest BCUT2D eigenvalue weighted by Crippen LogP contribution is -2.13. The summed E-state index contributed by atoms with van der Waals surface area (Å²) in [6.45, 7) is 5.11. The number of unbranched alkanes of at least 4 members (excludes halogenated alkanes) is 8. The van der Waals surface area contributed by atoms with Crippen molar-refractivity contribution >= 4 is 22.5 Å². The first-order valence-electron chi connectivity index (χ1n) is 13.1. The van der Waals surface area contributed by atoms with E-state index < -0.39 is 0 Å². The molecule has 182 valence electrons. The van der Waals surface area contributed by atoms with Gasteiger partial charge < -0.3 is 10.1 Å². The average Bonchev–Trinajstić information content (AvgIpc) is 2.86. The van der Waals surface area contributed by atoms with Crippen LogP contribution in [0.1, 0.15) is 94.1 Å². The predicted octanol–water partition coefficient (Wildman–Crippen LogP) is 8.35. The first-order chi connectivity index (χ1) is 16.7. The number of carbonyl (C=O) groups is 1. The number of carbonyl (C=O) groups excluding carboxylic acids is 1. The number of anilines is 1. The number of ether oxygens (including phenoxy) is 1. The van der Waals surface area contributed by atoms with Crippen molar-refractivity contribution in [2.24, 2.45) is 0 Å².